The average molecular weight is 531 g/mol. The lowest BCUT2D eigenvalue weighted by atomic mass is 9.46. The van der Waals surface area contributed by atoms with Crippen molar-refractivity contribution in [2.24, 2.45) is 34.0 Å². The van der Waals surface area contributed by atoms with Crippen LogP contribution in [0.5, 0.6) is 0 Å². The molecule has 4 rings (SSSR count). The number of esters is 1. The minimum Gasteiger partial charge on any atom is -0.459 e. The fraction of sp³-hybridized carbons (Fsp3) is 0.812. The number of carbonyl (C=O) groups is 2. The third-order valence-corrected chi connectivity index (χ3v) is 11.6. The van der Waals surface area contributed by atoms with Crippen molar-refractivity contribution in [2.45, 2.75) is 124 Å². The lowest BCUT2D eigenvalue weighted by Crippen LogP contribution is -2.65. The first kappa shape index (κ1) is 29.5. The van der Waals surface area contributed by atoms with Crippen LogP contribution in [0.4, 0.5) is 0 Å². The van der Waals surface area contributed by atoms with Crippen LogP contribution in [0.15, 0.2) is 23.3 Å². The molecule has 0 aliphatic heterocycles. The van der Waals surface area contributed by atoms with Gasteiger partial charge in [-0.25, -0.2) is 0 Å². The van der Waals surface area contributed by atoms with E-state index in [-0.39, 0.29) is 42.5 Å². The maximum atomic E-state index is 13.4. The first-order valence-corrected chi connectivity index (χ1v) is 14.9. The Hall–Kier alpha value is -1.50. The Kier molecular flexibility index (Phi) is 7.64. The quantitative estimate of drug-likeness (QED) is 0.202. The summed E-state index contributed by atoms with van der Waals surface area (Å²) in [4.78, 5) is 26.5. The molecule has 0 aromatic rings. The Labute approximate surface area is 228 Å². The normalized spacial score (nSPS) is 42.8. The van der Waals surface area contributed by atoms with Gasteiger partial charge in [0, 0.05) is 35.5 Å². The zero-order valence-electron chi connectivity index (χ0n) is 24.6. The van der Waals surface area contributed by atoms with Crippen molar-refractivity contribution in [2.75, 3.05) is 6.61 Å². The Morgan fingerprint density at radius 2 is 1.66 bits per heavy atom. The molecule has 0 aromatic carbocycles. The highest BCUT2D eigenvalue weighted by molar-refractivity contribution is 6.05. The molecule has 3 N–H and O–H groups in total. The van der Waals surface area contributed by atoms with Crippen molar-refractivity contribution in [1.82, 2.24) is 0 Å². The first-order chi connectivity index (χ1) is 17.7. The van der Waals surface area contributed by atoms with Gasteiger partial charge in [0.05, 0.1) is 6.61 Å². The van der Waals surface area contributed by atoms with Crippen molar-refractivity contribution < 1.29 is 29.6 Å². The van der Waals surface area contributed by atoms with Gasteiger partial charge in [-0.1, -0.05) is 92.2 Å². The lowest BCUT2D eigenvalue weighted by molar-refractivity contribution is -0.209. The second kappa shape index (κ2) is 9.85. The molecule has 0 aromatic heterocycles. The number of hydrogen-bond donors (Lipinski definition) is 3. The first-order valence-electron chi connectivity index (χ1n) is 14.9. The van der Waals surface area contributed by atoms with Gasteiger partial charge in [0.1, 0.15) is 17.3 Å². The number of hydrogen-bond acceptors (Lipinski definition) is 6. The van der Waals surface area contributed by atoms with Gasteiger partial charge >= 0.3 is 5.97 Å². The molecule has 0 bridgehead atoms. The number of aliphatic hydroxyl groups is 3. The van der Waals surface area contributed by atoms with Crippen LogP contribution in [0, 0.1) is 34.0 Å². The molecule has 0 amide bonds. The minimum atomic E-state index is -1.70. The van der Waals surface area contributed by atoms with Crippen LogP contribution in [0.2, 0.25) is 0 Å². The topological polar surface area (TPSA) is 104 Å². The molecular weight excluding hydrogens is 480 g/mol. The van der Waals surface area contributed by atoms with Crippen molar-refractivity contribution in [3.8, 4) is 0 Å². The number of ketones is 1. The Morgan fingerprint density at radius 1 is 1.05 bits per heavy atom. The number of carbonyl (C=O) groups excluding carboxylic acids is 2. The van der Waals surface area contributed by atoms with E-state index in [0.717, 1.165) is 19.3 Å². The van der Waals surface area contributed by atoms with Crippen molar-refractivity contribution >= 4 is 11.8 Å². The van der Waals surface area contributed by atoms with E-state index in [0.29, 0.717) is 17.6 Å². The van der Waals surface area contributed by atoms with E-state index in [1.165, 1.54) is 25.7 Å². The summed E-state index contributed by atoms with van der Waals surface area (Å²) < 4.78 is 6.18. The summed E-state index contributed by atoms with van der Waals surface area (Å²) in [7, 11) is 0. The molecule has 0 saturated heterocycles. The molecule has 2 fully saturated rings. The van der Waals surface area contributed by atoms with Gasteiger partial charge in [-0.2, -0.15) is 0 Å². The molecule has 0 spiro atoms. The molecule has 8 atom stereocenters. The predicted octanol–water partition coefficient (Wildman–Crippen LogP) is 5.29. The van der Waals surface area contributed by atoms with Crippen LogP contribution < -0.4 is 0 Å². The van der Waals surface area contributed by atoms with E-state index in [2.05, 4.69) is 13.8 Å². The molecule has 6 nitrogen and oxygen atoms in total. The largest absolute Gasteiger partial charge is 0.459 e. The van der Waals surface area contributed by atoms with E-state index in [1.54, 1.807) is 6.92 Å². The lowest BCUT2D eigenvalue weighted by Gasteiger charge is -2.59. The number of fused-ring (bicyclic) bond motifs is 5. The summed E-state index contributed by atoms with van der Waals surface area (Å²) >= 11 is 0. The minimum absolute atomic E-state index is 0.0553. The maximum Gasteiger partial charge on any atom is 0.306 e. The second-order valence-corrected chi connectivity index (χ2v) is 13.8. The van der Waals surface area contributed by atoms with Gasteiger partial charge in [0.25, 0.3) is 0 Å². The summed E-state index contributed by atoms with van der Waals surface area (Å²) in [6.07, 6.45) is 11.3. The molecule has 4 aliphatic carbocycles. The van der Waals surface area contributed by atoms with Gasteiger partial charge in [0.2, 0.25) is 0 Å². The van der Waals surface area contributed by atoms with Gasteiger partial charge in [-0.3, -0.25) is 9.59 Å². The third-order valence-electron chi connectivity index (χ3n) is 11.6. The van der Waals surface area contributed by atoms with Crippen LogP contribution in [0.3, 0.4) is 0 Å². The number of aliphatic hydroxyl groups excluding tert-OH is 1. The average Bonchev–Trinajstić information content (AvgIpc) is 3.28. The molecule has 4 aliphatic rings. The van der Waals surface area contributed by atoms with Crippen LogP contribution in [-0.4, -0.2) is 51.0 Å². The van der Waals surface area contributed by atoms with E-state index in [9.17, 15) is 24.9 Å². The van der Waals surface area contributed by atoms with Crippen LogP contribution >= 0.6 is 0 Å². The highest BCUT2D eigenvalue weighted by atomic mass is 16.6. The predicted molar refractivity (Wildman–Crippen MR) is 147 cm³/mol. The second-order valence-electron chi connectivity index (χ2n) is 13.8. The molecule has 214 valence electrons. The molecule has 38 heavy (non-hydrogen) atoms. The van der Waals surface area contributed by atoms with Crippen molar-refractivity contribution in [3.63, 3.8) is 0 Å². The summed E-state index contributed by atoms with van der Waals surface area (Å²) in [5, 5.41) is 34.4. The number of rotatable bonds is 10. The van der Waals surface area contributed by atoms with Crippen molar-refractivity contribution in [3.05, 3.63) is 23.3 Å². The Bertz CT molecular complexity index is 1030. The zero-order chi connectivity index (χ0) is 28.3. The molecule has 0 heterocycles. The van der Waals surface area contributed by atoms with Gasteiger partial charge in [-0.15, -0.1) is 0 Å². The summed E-state index contributed by atoms with van der Waals surface area (Å²) in [5.74, 6) is -1.40. The number of allylic oxidation sites excluding steroid dienone is 1. The van der Waals surface area contributed by atoms with Crippen LogP contribution in [0.25, 0.3) is 0 Å². The number of unbranched alkanes of at least 4 members (excludes halogenated alkanes) is 6. The summed E-state index contributed by atoms with van der Waals surface area (Å²) in [5.41, 5.74) is -4.01. The van der Waals surface area contributed by atoms with Gasteiger partial charge in [-0.05, 0) is 35.8 Å². The standard InChI is InChI=1S/C32H50O6/c1-8-9-10-11-12-13-14-15-24(34)38-27-21(3)30(7)23(25-28(4,5)32(25,27)37)16-22(19-33)18-31(36)26(35)20(2)17-29(30,31)6/h16-17,21,23,25,27,33,36-37H,8-15,18-19H2,1-7H3/t21-,23+,25-,27-,29+,30+,31+,32-/m1/s1. The van der Waals surface area contributed by atoms with Crippen LogP contribution in [-0.2, 0) is 14.3 Å². The number of Topliss-reactive ketones (excluding diaryl/α,β-unsaturated/α-hetero) is 1. The van der Waals surface area contributed by atoms with E-state index >= 15 is 0 Å². The zero-order valence-corrected chi connectivity index (χ0v) is 24.6. The summed E-state index contributed by atoms with van der Waals surface area (Å²) in [6, 6.07) is 0. The third kappa shape index (κ3) is 3.83. The number of ether oxygens (including phenoxy) is 1. The fourth-order valence-electron chi connectivity index (χ4n) is 8.93. The Balaban J connectivity index is 1.65. The van der Waals surface area contributed by atoms with E-state index in [4.69, 9.17) is 4.74 Å². The molecule has 6 heteroatoms. The molecule has 0 unspecified atom stereocenters. The van der Waals surface area contributed by atoms with Gasteiger partial charge in [0.15, 0.2) is 5.78 Å². The maximum absolute atomic E-state index is 13.4. The summed E-state index contributed by atoms with van der Waals surface area (Å²) in [6.45, 7) is 13.7. The van der Waals surface area contributed by atoms with Crippen LogP contribution in [0.1, 0.15) is 106 Å². The monoisotopic (exact) mass is 530 g/mol. The molecule has 0 radical (unpaired) electrons. The highest BCUT2D eigenvalue weighted by Crippen LogP contribution is 2.79. The van der Waals surface area contributed by atoms with Gasteiger partial charge < -0.3 is 20.1 Å². The van der Waals surface area contributed by atoms with E-state index < -0.39 is 33.6 Å². The van der Waals surface area contributed by atoms with E-state index in [1.807, 2.05) is 39.8 Å². The van der Waals surface area contributed by atoms with Crippen molar-refractivity contribution in [1.29, 1.82) is 0 Å². The molecular formula is C32H50O6. The smallest absolute Gasteiger partial charge is 0.306 e. The fourth-order valence-corrected chi connectivity index (χ4v) is 8.93. The SMILES string of the molecule is CCCCCCCCCC(=O)O[C@@H]1[C@@H](C)[C@@]2(C)[C@@H](C=C(CO)C[C@]3(O)C(=O)C(C)=C[C@@]23C)[C@@H]2C(C)(C)[C@]12O. The molecule has 2 saturated carbocycles. The highest BCUT2D eigenvalue weighted by Gasteiger charge is 2.85. The Morgan fingerprint density at radius 3 is 2.26 bits per heavy atom.